The molecule has 0 amide bonds. The highest BCUT2D eigenvalue weighted by Gasteiger charge is 2.22. The highest BCUT2D eigenvalue weighted by atomic mass is 35.5. The first-order valence-electron chi connectivity index (χ1n) is 14.9. The number of carbonyl (C=O) groups is 1. The van der Waals surface area contributed by atoms with Gasteiger partial charge in [0.1, 0.15) is 44.3 Å². The molecule has 0 unspecified atom stereocenters. The number of hydrogen-bond acceptors (Lipinski definition) is 9. The summed E-state index contributed by atoms with van der Waals surface area (Å²) in [6, 6.07) is 18.6. The van der Waals surface area contributed by atoms with Crippen molar-refractivity contribution in [1.82, 2.24) is 4.58 Å². The van der Waals surface area contributed by atoms with Gasteiger partial charge >= 0.3 is 5.97 Å². The quantitative estimate of drug-likeness (QED) is 0.182. The van der Waals surface area contributed by atoms with Gasteiger partial charge in [-0.3, -0.25) is 4.79 Å². The minimum absolute atomic E-state index is 0. The molecule has 0 atom stereocenters. The summed E-state index contributed by atoms with van der Waals surface area (Å²) in [4.78, 5) is 16.4. The molecule has 5 rings (SSSR count). The fraction of sp³-hybridized carbons (Fsp3) is 0.412. The summed E-state index contributed by atoms with van der Waals surface area (Å²) in [5, 5.41) is 2.03. The number of hydrogen-bond donors (Lipinski definition) is 0. The highest BCUT2D eigenvalue weighted by Crippen LogP contribution is 2.43. The largest absolute Gasteiger partial charge is 1.00 e. The third-order valence-electron chi connectivity index (χ3n) is 7.59. The number of rotatable bonds is 4. The van der Waals surface area contributed by atoms with Crippen molar-refractivity contribution >= 4 is 28.3 Å². The Morgan fingerprint density at radius 2 is 1.60 bits per heavy atom. The third-order valence-corrected chi connectivity index (χ3v) is 7.59. The van der Waals surface area contributed by atoms with Gasteiger partial charge in [-0.05, 0) is 35.9 Å². The molecular weight excluding hydrogens is 598 g/mol. The minimum Gasteiger partial charge on any atom is -1.00 e. The lowest BCUT2D eigenvalue weighted by molar-refractivity contribution is -0.139. The monoisotopic (exact) mass is 639 g/mol. The summed E-state index contributed by atoms with van der Waals surface area (Å²) in [7, 11) is 9.45. The SMILES string of the molecule is COC(=O)CN1CCOCCOCCOCCOc2cc(-c3c4ccc(=[N+](C)C)cc-4oc4cc(N(C)C)ccc34)ccc21.[Cl-]. The number of nitrogens with zero attached hydrogens (tertiary/aromatic N) is 3. The molecule has 0 bridgehead atoms. The van der Waals surface area contributed by atoms with Crippen LogP contribution in [0.5, 0.6) is 5.75 Å². The van der Waals surface area contributed by atoms with Crippen molar-refractivity contribution in [3.8, 4) is 28.2 Å². The zero-order valence-electron chi connectivity index (χ0n) is 26.6. The molecule has 11 heteroatoms. The lowest BCUT2D eigenvalue weighted by Crippen LogP contribution is -3.00. The summed E-state index contributed by atoms with van der Waals surface area (Å²) in [6.45, 7) is 3.57. The molecule has 1 aliphatic carbocycles. The van der Waals surface area contributed by atoms with Gasteiger partial charge in [0, 0.05) is 55.0 Å². The van der Waals surface area contributed by atoms with Crippen LogP contribution < -0.4 is 36.9 Å². The first-order chi connectivity index (χ1) is 21.4. The van der Waals surface area contributed by atoms with E-state index in [1.807, 2.05) is 45.2 Å². The van der Waals surface area contributed by atoms with E-state index in [-0.39, 0.29) is 24.9 Å². The van der Waals surface area contributed by atoms with Crippen molar-refractivity contribution in [2.24, 2.45) is 0 Å². The first kappa shape index (κ1) is 34.1. The lowest BCUT2D eigenvalue weighted by atomic mass is 9.93. The van der Waals surface area contributed by atoms with E-state index in [2.05, 4.69) is 51.9 Å². The van der Waals surface area contributed by atoms with Crippen molar-refractivity contribution < 1.29 is 45.3 Å². The molecule has 0 fully saturated rings. The number of esters is 1. The summed E-state index contributed by atoms with van der Waals surface area (Å²) < 4.78 is 37.0. The van der Waals surface area contributed by atoms with Crippen LogP contribution in [-0.4, -0.2) is 101 Å². The van der Waals surface area contributed by atoms with Crippen LogP contribution in [0.1, 0.15) is 0 Å². The zero-order valence-corrected chi connectivity index (χ0v) is 27.4. The number of anilines is 2. The Labute approximate surface area is 270 Å². The number of fused-ring (bicyclic) bond motifs is 3. The van der Waals surface area contributed by atoms with Crippen LogP contribution in [0.15, 0.2) is 59.0 Å². The number of benzene rings is 3. The Hall–Kier alpha value is -3.83. The zero-order chi connectivity index (χ0) is 31.1. The Morgan fingerprint density at radius 1 is 0.889 bits per heavy atom. The number of ether oxygens (including phenoxy) is 5. The summed E-state index contributed by atoms with van der Waals surface area (Å²) in [6.07, 6.45) is 0. The Balaban J connectivity index is 0.00000461. The molecular formula is C34H42ClN3O7. The van der Waals surface area contributed by atoms with Crippen LogP contribution in [0.4, 0.5) is 11.4 Å². The van der Waals surface area contributed by atoms with Crippen LogP contribution in [0.25, 0.3) is 33.4 Å². The average Bonchev–Trinajstić information content (AvgIpc) is 3.03. The second-order valence-electron chi connectivity index (χ2n) is 11.0. The van der Waals surface area contributed by atoms with Gasteiger partial charge in [0.05, 0.1) is 58.5 Å². The molecule has 2 heterocycles. The van der Waals surface area contributed by atoms with Crippen LogP contribution in [0, 0.1) is 0 Å². The normalized spacial score (nSPS) is 14.8. The first-order valence-corrected chi connectivity index (χ1v) is 14.9. The summed E-state index contributed by atoms with van der Waals surface area (Å²) in [5.74, 6) is 1.07. The molecule has 0 saturated heterocycles. The Bertz CT molecular complexity index is 1630. The van der Waals surface area contributed by atoms with E-state index < -0.39 is 0 Å². The molecule has 0 saturated carbocycles. The molecule has 2 aromatic carbocycles. The van der Waals surface area contributed by atoms with E-state index in [1.54, 1.807) is 0 Å². The smallest absolute Gasteiger partial charge is 0.325 e. The van der Waals surface area contributed by atoms with Crippen molar-refractivity contribution in [2.75, 3.05) is 104 Å². The van der Waals surface area contributed by atoms with E-state index in [0.717, 1.165) is 50.2 Å². The van der Waals surface area contributed by atoms with Crippen molar-refractivity contribution in [3.63, 3.8) is 0 Å². The third kappa shape index (κ3) is 8.26. The lowest BCUT2D eigenvalue weighted by Gasteiger charge is -2.26. The molecule has 0 radical (unpaired) electrons. The van der Waals surface area contributed by atoms with Gasteiger partial charge in [0.2, 0.25) is 5.36 Å². The summed E-state index contributed by atoms with van der Waals surface area (Å²) >= 11 is 0. The maximum atomic E-state index is 12.4. The van der Waals surface area contributed by atoms with Gasteiger partial charge in [-0.2, -0.15) is 0 Å². The maximum absolute atomic E-state index is 12.4. The molecule has 242 valence electrons. The van der Waals surface area contributed by atoms with E-state index in [4.69, 9.17) is 28.1 Å². The number of methoxy groups -OCH3 is 1. The topological polar surface area (TPSA) is 85.9 Å². The molecule has 0 spiro atoms. The van der Waals surface area contributed by atoms with Crippen molar-refractivity contribution in [2.45, 2.75) is 0 Å². The number of halogens is 1. The fourth-order valence-corrected chi connectivity index (χ4v) is 5.21. The predicted molar refractivity (Wildman–Crippen MR) is 172 cm³/mol. The Morgan fingerprint density at radius 3 is 2.29 bits per heavy atom. The molecule has 0 N–H and O–H groups in total. The van der Waals surface area contributed by atoms with Gasteiger partial charge in [-0.25, -0.2) is 4.58 Å². The van der Waals surface area contributed by atoms with Crippen LogP contribution in [0.3, 0.4) is 0 Å². The second kappa shape index (κ2) is 15.9. The highest BCUT2D eigenvalue weighted by molar-refractivity contribution is 6.03. The fourth-order valence-electron chi connectivity index (χ4n) is 5.21. The standard InChI is InChI=1S/C34H42N3O7.ClH/c1-35(2)25-7-9-27-30(21-25)44-31-22-26(36(3)4)8-10-28(31)34(27)24-6-11-29-32(20-24)43-19-18-42-17-16-41-15-14-40-13-12-37(29)23-33(38)39-5;/h6-11,20-22H,12-19,23H2,1-5H3;1H/q+1;/p-1. The molecule has 10 nitrogen and oxygen atoms in total. The summed E-state index contributed by atoms with van der Waals surface area (Å²) in [5.41, 5.74) is 5.59. The number of carbonyl (C=O) groups excluding carboxylic acids is 1. The molecule has 2 aliphatic heterocycles. The van der Waals surface area contributed by atoms with Gasteiger partial charge < -0.3 is 50.3 Å². The molecule has 3 aliphatic rings. The van der Waals surface area contributed by atoms with Crippen LogP contribution in [0.2, 0.25) is 0 Å². The minimum atomic E-state index is -0.348. The average molecular weight is 640 g/mol. The van der Waals surface area contributed by atoms with Gasteiger partial charge in [-0.1, -0.05) is 6.07 Å². The molecule has 2 aromatic rings. The predicted octanol–water partition coefficient (Wildman–Crippen LogP) is 0.728. The van der Waals surface area contributed by atoms with Gasteiger partial charge in [-0.15, -0.1) is 0 Å². The van der Waals surface area contributed by atoms with E-state index in [1.165, 1.54) is 7.11 Å². The Kier molecular flexibility index (Phi) is 12.1. The van der Waals surface area contributed by atoms with Crippen LogP contribution in [-0.2, 0) is 23.7 Å². The van der Waals surface area contributed by atoms with Gasteiger partial charge in [0.25, 0.3) is 0 Å². The van der Waals surface area contributed by atoms with Gasteiger partial charge in [0.15, 0.2) is 0 Å². The maximum Gasteiger partial charge on any atom is 0.325 e. The van der Waals surface area contributed by atoms with Crippen molar-refractivity contribution in [1.29, 1.82) is 0 Å². The van der Waals surface area contributed by atoms with E-state index in [0.29, 0.717) is 58.5 Å². The molecule has 45 heavy (non-hydrogen) atoms. The van der Waals surface area contributed by atoms with Crippen molar-refractivity contribution in [3.05, 3.63) is 60.0 Å². The second-order valence-corrected chi connectivity index (χ2v) is 11.0. The molecule has 0 aromatic heterocycles. The van der Waals surface area contributed by atoms with E-state index in [9.17, 15) is 4.79 Å². The van der Waals surface area contributed by atoms with E-state index >= 15 is 0 Å². The van der Waals surface area contributed by atoms with Crippen LogP contribution >= 0.6 is 0 Å².